The molecule has 0 atom stereocenters. The molecule has 0 aliphatic rings. The summed E-state index contributed by atoms with van der Waals surface area (Å²) in [5, 5.41) is 0. The number of alkyl halides is 3. The molecule has 0 spiro atoms. The molecule has 0 unspecified atom stereocenters. The van der Waals surface area contributed by atoms with Gasteiger partial charge in [0.1, 0.15) is 5.82 Å². The van der Waals surface area contributed by atoms with E-state index in [9.17, 15) is 18.0 Å². The number of benzene rings is 2. The lowest BCUT2D eigenvalue weighted by Gasteiger charge is -2.14. The second kappa shape index (κ2) is 7.56. The van der Waals surface area contributed by atoms with Gasteiger partial charge in [0.2, 0.25) is 0 Å². The van der Waals surface area contributed by atoms with E-state index in [1.54, 1.807) is 31.2 Å². The van der Waals surface area contributed by atoms with E-state index in [0.717, 1.165) is 10.5 Å². The van der Waals surface area contributed by atoms with Crippen LogP contribution in [0, 0.1) is 0 Å². The zero-order valence-corrected chi connectivity index (χ0v) is 15.7. The van der Waals surface area contributed by atoms with Crippen LogP contribution < -0.4 is 0 Å². The van der Waals surface area contributed by atoms with E-state index in [0.29, 0.717) is 5.69 Å². The van der Waals surface area contributed by atoms with E-state index in [-0.39, 0.29) is 23.7 Å². The molecule has 0 saturated carbocycles. The maximum atomic E-state index is 13.5. The first-order valence-electron chi connectivity index (χ1n) is 8.00. The number of imidazole rings is 1. The Balaban J connectivity index is 2.23. The van der Waals surface area contributed by atoms with Gasteiger partial charge in [0, 0.05) is 21.9 Å². The van der Waals surface area contributed by atoms with Crippen LogP contribution in [0.2, 0.25) is 0 Å². The van der Waals surface area contributed by atoms with Crippen LogP contribution in [0.15, 0.2) is 59.2 Å². The first-order valence-corrected chi connectivity index (χ1v) is 8.79. The van der Waals surface area contributed by atoms with Gasteiger partial charge in [-0.3, -0.25) is 4.57 Å². The van der Waals surface area contributed by atoms with E-state index in [1.807, 2.05) is 0 Å². The van der Waals surface area contributed by atoms with Gasteiger partial charge in [-0.25, -0.2) is 9.78 Å². The molecule has 2 aromatic carbocycles. The minimum atomic E-state index is -4.56. The standard InChI is InChI=1S/C19H14BrF3N2O2/c1-2-27-18(26)16-11-25(13-9-7-12(20)8-10-13)17(24-16)14-5-3-4-6-15(14)19(21,22)23/h3-11H,2H2,1H3. The van der Waals surface area contributed by atoms with E-state index in [4.69, 9.17) is 4.74 Å². The SMILES string of the molecule is CCOC(=O)c1cn(-c2ccc(Br)cc2)c(-c2ccccc2C(F)(F)F)n1. The van der Waals surface area contributed by atoms with Crippen molar-refractivity contribution in [1.82, 2.24) is 9.55 Å². The predicted octanol–water partition coefficient (Wildman–Crippen LogP) is 5.50. The Labute approximate surface area is 161 Å². The number of carbonyl (C=O) groups is 1. The molecule has 0 saturated heterocycles. The Morgan fingerprint density at radius 1 is 1.15 bits per heavy atom. The summed E-state index contributed by atoms with van der Waals surface area (Å²) in [5.74, 6) is -0.688. The summed E-state index contributed by atoms with van der Waals surface area (Å²) in [7, 11) is 0. The van der Waals surface area contributed by atoms with Gasteiger partial charge in [0.05, 0.1) is 12.2 Å². The van der Waals surface area contributed by atoms with Crippen LogP contribution in [0.1, 0.15) is 23.0 Å². The van der Waals surface area contributed by atoms with Crippen LogP contribution in [-0.4, -0.2) is 22.1 Å². The molecule has 0 radical (unpaired) electrons. The van der Waals surface area contributed by atoms with Crippen molar-refractivity contribution < 1.29 is 22.7 Å². The lowest BCUT2D eigenvalue weighted by molar-refractivity contribution is -0.137. The average Bonchev–Trinajstić information content (AvgIpc) is 3.07. The van der Waals surface area contributed by atoms with Crippen molar-refractivity contribution >= 4 is 21.9 Å². The molecule has 3 rings (SSSR count). The Bertz CT molecular complexity index is 966. The number of rotatable bonds is 4. The highest BCUT2D eigenvalue weighted by Gasteiger charge is 2.35. The molecule has 8 heteroatoms. The maximum absolute atomic E-state index is 13.5. The zero-order chi connectivity index (χ0) is 19.6. The first kappa shape index (κ1) is 19.2. The van der Waals surface area contributed by atoms with Crippen LogP contribution in [0.4, 0.5) is 13.2 Å². The van der Waals surface area contributed by atoms with Gasteiger partial charge in [0.15, 0.2) is 5.69 Å². The maximum Gasteiger partial charge on any atom is 0.417 e. The van der Waals surface area contributed by atoms with Crippen LogP contribution in [0.3, 0.4) is 0 Å². The molecule has 0 fully saturated rings. The Hall–Kier alpha value is -2.61. The Morgan fingerprint density at radius 3 is 2.44 bits per heavy atom. The fourth-order valence-corrected chi connectivity index (χ4v) is 2.86. The van der Waals surface area contributed by atoms with Crippen molar-refractivity contribution in [3.63, 3.8) is 0 Å². The van der Waals surface area contributed by atoms with Gasteiger partial charge in [0.25, 0.3) is 0 Å². The van der Waals surface area contributed by atoms with E-state index in [1.165, 1.54) is 29.0 Å². The highest BCUT2D eigenvalue weighted by molar-refractivity contribution is 9.10. The third-order valence-corrected chi connectivity index (χ3v) is 4.30. The molecule has 4 nitrogen and oxygen atoms in total. The van der Waals surface area contributed by atoms with Gasteiger partial charge in [-0.05, 0) is 37.3 Å². The number of aromatic nitrogens is 2. The lowest BCUT2D eigenvalue weighted by atomic mass is 10.1. The molecule has 0 amide bonds. The first-order chi connectivity index (χ1) is 12.8. The normalized spacial score (nSPS) is 11.4. The minimum Gasteiger partial charge on any atom is -0.461 e. The van der Waals surface area contributed by atoms with E-state index >= 15 is 0 Å². The molecule has 27 heavy (non-hydrogen) atoms. The summed E-state index contributed by atoms with van der Waals surface area (Å²) in [6, 6.07) is 12.0. The number of halogens is 4. The molecule has 1 heterocycles. The van der Waals surface area contributed by atoms with E-state index in [2.05, 4.69) is 20.9 Å². The molecule has 0 aliphatic heterocycles. The molecule has 1 aromatic heterocycles. The van der Waals surface area contributed by atoms with Crippen LogP contribution in [-0.2, 0) is 10.9 Å². The lowest BCUT2D eigenvalue weighted by Crippen LogP contribution is -2.09. The van der Waals surface area contributed by atoms with Gasteiger partial charge in [-0.1, -0.05) is 34.1 Å². The minimum absolute atomic E-state index is 0.00769. The zero-order valence-electron chi connectivity index (χ0n) is 14.1. The third kappa shape index (κ3) is 4.05. The van der Waals surface area contributed by atoms with Crippen molar-refractivity contribution in [1.29, 1.82) is 0 Å². The van der Waals surface area contributed by atoms with Gasteiger partial charge in [-0.15, -0.1) is 0 Å². The van der Waals surface area contributed by atoms with Crippen LogP contribution >= 0.6 is 15.9 Å². The fraction of sp³-hybridized carbons (Fsp3) is 0.158. The number of carbonyl (C=O) groups excluding carboxylic acids is 1. The number of ether oxygens (including phenoxy) is 1. The van der Waals surface area contributed by atoms with Crippen LogP contribution in [0.5, 0.6) is 0 Å². The number of hydrogen-bond acceptors (Lipinski definition) is 3. The van der Waals surface area contributed by atoms with Crippen LogP contribution in [0.25, 0.3) is 17.1 Å². The van der Waals surface area contributed by atoms with Crippen molar-refractivity contribution in [2.45, 2.75) is 13.1 Å². The summed E-state index contributed by atoms with van der Waals surface area (Å²) in [6.07, 6.45) is -3.18. The van der Waals surface area contributed by atoms with Gasteiger partial charge in [-0.2, -0.15) is 13.2 Å². The number of hydrogen-bond donors (Lipinski definition) is 0. The average molecular weight is 439 g/mol. The highest BCUT2D eigenvalue weighted by Crippen LogP contribution is 2.37. The van der Waals surface area contributed by atoms with E-state index < -0.39 is 17.7 Å². The summed E-state index contributed by atoms with van der Waals surface area (Å²) in [5.41, 5.74) is -0.451. The number of nitrogens with zero attached hydrogens (tertiary/aromatic N) is 2. The molecule has 0 aliphatic carbocycles. The Morgan fingerprint density at radius 2 is 1.81 bits per heavy atom. The fourth-order valence-electron chi connectivity index (χ4n) is 2.60. The molecular formula is C19H14BrF3N2O2. The van der Waals surface area contributed by atoms with Gasteiger partial charge >= 0.3 is 12.1 Å². The predicted molar refractivity (Wildman–Crippen MR) is 97.7 cm³/mol. The smallest absolute Gasteiger partial charge is 0.417 e. The van der Waals surface area contributed by atoms with Crippen molar-refractivity contribution in [3.05, 3.63) is 70.5 Å². The largest absolute Gasteiger partial charge is 0.461 e. The summed E-state index contributed by atoms with van der Waals surface area (Å²) in [6.45, 7) is 1.78. The van der Waals surface area contributed by atoms with Crippen molar-refractivity contribution in [2.75, 3.05) is 6.61 Å². The second-order valence-corrected chi connectivity index (χ2v) is 6.48. The highest BCUT2D eigenvalue weighted by atomic mass is 79.9. The monoisotopic (exact) mass is 438 g/mol. The molecule has 0 N–H and O–H groups in total. The Kier molecular flexibility index (Phi) is 5.36. The number of esters is 1. The topological polar surface area (TPSA) is 44.1 Å². The van der Waals surface area contributed by atoms with Gasteiger partial charge < -0.3 is 4.74 Å². The quantitative estimate of drug-likeness (QED) is 0.505. The summed E-state index contributed by atoms with van der Waals surface area (Å²) >= 11 is 3.32. The summed E-state index contributed by atoms with van der Waals surface area (Å²) in [4.78, 5) is 16.2. The van der Waals surface area contributed by atoms with Crippen molar-refractivity contribution in [3.8, 4) is 17.1 Å². The summed E-state index contributed by atoms with van der Waals surface area (Å²) < 4.78 is 47.6. The second-order valence-electron chi connectivity index (χ2n) is 5.56. The molecule has 3 aromatic rings. The molecule has 0 bridgehead atoms. The van der Waals surface area contributed by atoms with Crippen molar-refractivity contribution in [2.24, 2.45) is 0 Å². The molecular weight excluding hydrogens is 425 g/mol. The third-order valence-electron chi connectivity index (χ3n) is 3.77. The molecule has 140 valence electrons.